The number of carboxylic acid groups (broad SMARTS) is 1. The van der Waals surface area contributed by atoms with Crippen LogP contribution in [-0.4, -0.2) is 78.0 Å². The predicted molar refractivity (Wildman–Crippen MR) is 184 cm³/mol. The summed E-state index contributed by atoms with van der Waals surface area (Å²) >= 11 is 0. The standard InChI is InChI=1S/C18H22O6.C17H20O6.H2O4S/c1-10(6-8-14(19)22-3)5-7-12-16(20)15-13(9-24-18(15)21)11(2)17(12)23-4;1-9(5-7-13(18)19)4-6-11-15(20)14-12(8-23-17(14)21)10(2)16(11)22-3;1-5(2,3)4/h5,20H,6-9H2,1-4H3;4,20H,5-8H2,1-3H3,(H,18,19);(H2,1,2,3,4)/b10-5+;9-4+;. The molecule has 2 heterocycles. The number of hydrogen-bond donors (Lipinski definition) is 5. The summed E-state index contributed by atoms with van der Waals surface area (Å²) in [6.07, 6.45) is 5.86. The van der Waals surface area contributed by atoms with E-state index in [1.165, 1.54) is 21.3 Å². The minimum absolute atomic E-state index is 0.0565. The number of aromatic hydroxyl groups is 2. The number of hydrogen-bond acceptors (Lipinski definition) is 13. The van der Waals surface area contributed by atoms with Crippen molar-refractivity contribution in [3.63, 3.8) is 0 Å². The Morgan fingerprint density at radius 3 is 1.42 bits per heavy atom. The highest BCUT2D eigenvalue weighted by molar-refractivity contribution is 7.79. The van der Waals surface area contributed by atoms with Gasteiger partial charge < -0.3 is 39.0 Å². The monoisotopic (exact) mass is 752 g/mol. The lowest BCUT2D eigenvalue weighted by atomic mass is 9.94. The van der Waals surface area contributed by atoms with Crippen LogP contribution in [0.25, 0.3) is 0 Å². The van der Waals surface area contributed by atoms with E-state index in [9.17, 15) is 29.4 Å². The second kappa shape index (κ2) is 18.9. The quantitative estimate of drug-likeness (QED) is 0.0837. The van der Waals surface area contributed by atoms with Gasteiger partial charge in [-0.15, -0.1) is 0 Å². The summed E-state index contributed by atoms with van der Waals surface area (Å²) in [4.78, 5) is 45.4. The largest absolute Gasteiger partial charge is 0.507 e. The Morgan fingerprint density at radius 1 is 0.731 bits per heavy atom. The molecular weight excluding hydrogens is 708 g/mol. The zero-order chi connectivity index (χ0) is 39.5. The van der Waals surface area contributed by atoms with Crippen molar-refractivity contribution in [2.75, 3.05) is 21.3 Å². The number of fused-ring (bicyclic) bond motifs is 2. The van der Waals surface area contributed by atoms with E-state index in [0.717, 1.165) is 22.3 Å². The highest BCUT2D eigenvalue weighted by Crippen LogP contribution is 2.43. The normalized spacial score (nSPS) is 13.4. The summed E-state index contributed by atoms with van der Waals surface area (Å²) in [5, 5.41) is 29.7. The number of carboxylic acids is 1. The number of benzene rings is 2. The molecule has 0 atom stereocenters. The van der Waals surface area contributed by atoms with E-state index >= 15 is 0 Å². The zero-order valence-electron chi connectivity index (χ0n) is 29.9. The number of methoxy groups -OCH3 is 3. The fourth-order valence-electron chi connectivity index (χ4n) is 5.52. The maximum Gasteiger partial charge on any atom is 0.394 e. The van der Waals surface area contributed by atoms with E-state index in [1.54, 1.807) is 0 Å². The Labute approximate surface area is 301 Å². The van der Waals surface area contributed by atoms with Gasteiger partial charge in [-0.05, 0) is 64.5 Å². The number of phenols is 2. The van der Waals surface area contributed by atoms with Crippen molar-refractivity contribution in [2.24, 2.45) is 0 Å². The van der Waals surface area contributed by atoms with E-state index in [1.807, 2.05) is 39.8 Å². The number of allylic oxidation sites excluding steroid dienone is 4. The highest BCUT2D eigenvalue weighted by atomic mass is 32.3. The van der Waals surface area contributed by atoms with Gasteiger partial charge in [0.2, 0.25) is 0 Å². The molecule has 0 saturated heterocycles. The van der Waals surface area contributed by atoms with E-state index in [4.69, 9.17) is 41.6 Å². The van der Waals surface area contributed by atoms with Crippen LogP contribution in [0.2, 0.25) is 0 Å². The van der Waals surface area contributed by atoms with E-state index < -0.39 is 28.3 Å². The Morgan fingerprint density at radius 2 is 1.10 bits per heavy atom. The van der Waals surface area contributed by atoms with Crippen LogP contribution >= 0.6 is 0 Å². The second-order valence-corrected chi connectivity index (χ2v) is 12.7. The van der Waals surface area contributed by atoms with Crippen molar-refractivity contribution in [1.29, 1.82) is 0 Å². The maximum absolute atomic E-state index is 11.8. The molecule has 16 nitrogen and oxygen atoms in total. The summed E-state index contributed by atoms with van der Waals surface area (Å²) < 4.78 is 57.1. The Hall–Kier alpha value is -5.13. The Bertz CT molecular complexity index is 1860. The highest BCUT2D eigenvalue weighted by Gasteiger charge is 2.33. The van der Waals surface area contributed by atoms with Gasteiger partial charge in [-0.1, -0.05) is 23.3 Å². The summed E-state index contributed by atoms with van der Waals surface area (Å²) in [5.41, 5.74) is 6.27. The Kier molecular flexibility index (Phi) is 15.7. The molecule has 0 aliphatic carbocycles. The van der Waals surface area contributed by atoms with Crippen LogP contribution in [0.15, 0.2) is 23.3 Å². The lowest BCUT2D eigenvalue weighted by molar-refractivity contribution is -0.140. The van der Waals surface area contributed by atoms with Crippen LogP contribution in [0.4, 0.5) is 0 Å². The average molecular weight is 753 g/mol. The van der Waals surface area contributed by atoms with Crippen LogP contribution in [0.3, 0.4) is 0 Å². The Balaban J connectivity index is 0.000000319. The number of ether oxygens (including phenoxy) is 5. The molecule has 2 aliphatic rings. The molecule has 2 aliphatic heterocycles. The topological polar surface area (TPSA) is 250 Å². The first-order valence-electron chi connectivity index (χ1n) is 15.7. The third-order valence-electron chi connectivity index (χ3n) is 8.29. The van der Waals surface area contributed by atoms with Gasteiger partial charge >= 0.3 is 34.3 Å². The van der Waals surface area contributed by atoms with Crippen molar-refractivity contribution in [3.05, 3.63) is 67.8 Å². The van der Waals surface area contributed by atoms with Crippen molar-refractivity contribution in [2.45, 2.75) is 79.4 Å². The van der Waals surface area contributed by atoms with Gasteiger partial charge in [-0.3, -0.25) is 18.7 Å². The predicted octanol–water partition coefficient (Wildman–Crippen LogP) is 4.90. The molecule has 286 valence electrons. The smallest absolute Gasteiger partial charge is 0.394 e. The van der Waals surface area contributed by atoms with Gasteiger partial charge in [0.25, 0.3) is 0 Å². The van der Waals surface area contributed by atoms with Crippen LogP contribution < -0.4 is 9.47 Å². The van der Waals surface area contributed by atoms with Crippen LogP contribution in [-0.2, 0) is 60.3 Å². The SMILES string of the molecule is COC(=O)CC/C(C)=C/Cc1c(O)c2c(c(C)c1OC)COC2=O.COc1c(C)c2c(c(O)c1C/C=C(\C)CCC(=O)O)C(=O)OC2.O=S(=O)(O)O. The molecule has 5 N–H and O–H groups in total. The molecular formula is C35H44O16S. The average Bonchev–Trinajstić information content (AvgIpc) is 3.66. The van der Waals surface area contributed by atoms with Crippen LogP contribution in [0.1, 0.15) is 93.6 Å². The second-order valence-electron chi connectivity index (χ2n) is 11.8. The number of cyclic esters (lactones) is 2. The van der Waals surface area contributed by atoms with Crippen molar-refractivity contribution in [3.8, 4) is 23.0 Å². The van der Waals surface area contributed by atoms with Gasteiger partial charge in [-0.25, -0.2) is 9.59 Å². The van der Waals surface area contributed by atoms with Gasteiger partial charge in [0.1, 0.15) is 47.3 Å². The molecule has 0 saturated carbocycles. The van der Waals surface area contributed by atoms with E-state index in [2.05, 4.69) is 4.74 Å². The van der Waals surface area contributed by atoms with Crippen molar-refractivity contribution >= 4 is 34.3 Å². The van der Waals surface area contributed by atoms with Crippen molar-refractivity contribution < 1.29 is 75.7 Å². The number of carbonyl (C=O) groups excluding carboxylic acids is 3. The summed E-state index contributed by atoms with van der Waals surface area (Å²) in [5.74, 6) is -1.28. The molecule has 0 fully saturated rings. The zero-order valence-corrected chi connectivity index (χ0v) is 30.8. The molecule has 4 rings (SSSR count). The fraction of sp³-hybridized carbons (Fsp3) is 0.429. The third kappa shape index (κ3) is 11.4. The number of esters is 3. The van der Waals surface area contributed by atoms with Gasteiger partial charge in [-0.2, -0.15) is 8.42 Å². The lowest BCUT2D eigenvalue weighted by Gasteiger charge is -2.15. The number of phenolic OH excluding ortho intramolecular Hbond substituents is 2. The molecule has 0 radical (unpaired) electrons. The van der Waals surface area contributed by atoms with Crippen molar-refractivity contribution in [1.82, 2.24) is 0 Å². The van der Waals surface area contributed by atoms with Gasteiger partial charge in [0.15, 0.2) is 0 Å². The molecule has 2 aromatic carbocycles. The number of rotatable bonds is 12. The maximum atomic E-state index is 11.8. The summed E-state index contributed by atoms with van der Waals surface area (Å²) in [6, 6.07) is 0. The fourth-order valence-corrected chi connectivity index (χ4v) is 5.52. The first kappa shape index (κ1) is 43.0. The molecule has 52 heavy (non-hydrogen) atoms. The summed E-state index contributed by atoms with van der Waals surface area (Å²) in [7, 11) is -0.268. The minimum atomic E-state index is -4.67. The molecule has 0 spiro atoms. The van der Waals surface area contributed by atoms with E-state index in [0.29, 0.717) is 65.9 Å². The first-order valence-corrected chi connectivity index (χ1v) is 17.1. The lowest BCUT2D eigenvalue weighted by Crippen LogP contribution is -2.03. The number of carbonyl (C=O) groups is 4. The molecule has 0 aromatic heterocycles. The van der Waals surface area contributed by atoms with Crippen LogP contribution in [0, 0.1) is 13.8 Å². The van der Waals surface area contributed by atoms with Crippen LogP contribution in [0.5, 0.6) is 23.0 Å². The molecule has 2 aromatic rings. The van der Waals surface area contributed by atoms with Gasteiger partial charge in [0, 0.05) is 35.1 Å². The third-order valence-corrected chi connectivity index (χ3v) is 8.29. The minimum Gasteiger partial charge on any atom is -0.507 e. The molecule has 0 unspecified atom stereocenters. The molecule has 0 bridgehead atoms. The summed E-state index contributed by atoms with van der Waals surface area (Å²) in [6.45, 7) is 7.69. The first-order chi connectivity index (χ1) is 24.3. The van der Waals surface area contributed by atoms with E-state index in [-0.39, 0.29) is 48.2 Å². The number of aliphatic carboxylic acids is 1. The molecule has 17 heteroatoms. The van der Waals surface area contributed by atoms with Gasteiger partial charge in [0.05, 0.1) is 21.3 Å². The molecule has 0 amide bonds.